The number of para-hydroxylation sites is 1. The molecule has 2 heterocycles. The van der Waals surface area contributed by atoms with E-state index < -0.39 is 22.0 Å². The van der Waals surface area contributed by atoms with E-state index >= 15 is 0 Å². The van der Waals surface area contributed by atoms with Crippen molar-refractivity contribution in [1.82, 2.24) is 4.90 Å². The van der Waals surface area contributed by atoms with E-state index in [1.807, 2.05) is 0 Å². The van der Waals surface area contributed by atoms with Crippen LogP contribution in [0.3, 0.4) is 0 Å². The van der Waals surface area contributed by atoms with Crippen LogP contribution in [-0.2, 0) is 16.1 Å². The average molecular weight is 478 g/mol. The summed E-state index contributed by atoms with van der Waals surface area (Å²) in [5.41, 5.74) is 1.25. The molecule has 1 aliphatic heterocycles. The van der Waals surface area contributed by atoms with Crippen LogP contribution in [0.15, 0.2) is 70.0 Å². The van der Waals surface area contributed by atoms with E-state index in [0.717, 1.165) is 22.2 Å². The zero-order valence-corrected chi connectivity index (χ0v) is 18.7. The van der Waals surface area contributed by atoms with E-state index in [1.165, 1.54) is 24.3 Å². The first-order valence-corrected chi connectivity index (χ1v) is 11.0. The van der Waals surface area contributed by atoms with E-state index in [9.17, 15) is 24.5 Å². The third kappa shape index (κ3) is 4.76. The SMILES string of the molecule is CCOC(=O)c1ccc(-c2ccc(/C=C3\SC(=O)N(Cc4ccccc4[N+](=O)[O-])C3=O)o2)cc1. The van der Waals surface area contributed by atoms with Crippen LogP contribution in [0.2, 0.25) is 0 Å². The number of imide groups is 1. The normalized spacial score (nSPS) is 14.6. The number of benzene rings is 2. The maximum absolute atomic E-state index is 12.8. The zero-order valence-electron chi connectivity index (χ0n) is 17.9. The Morgan fingerprint density at radius 3 is 2.56 bits per heavy atom. The van der Waals surface area contributed by atoms with Crippen LogP contribution >= 0.6 is 11.8 Å². The first-order valence-electron chi connectivity index (χ1n) is 10.2. The number of carbonyl (C=O) groups is 3. The van der Waals surface area contributed by atoms with Gasteiger partial charge in [-0.3, -0.25) is 24.6 Å². The van der Waals surface area contributed by atoms with Crippen molar-refractivity contribution in [3.8, 4) is 11.3 Å². The highest BCUT2D eigenvalue weighted by molar-refractivity contribution is 8.18. The molecular formula is C24H18N2O7S. The van der Waals surface area contributed by atoms with Crippen molar-refractivity contribution in [2.75, 3.05) is 6.61 Å². The molecule has 1 aliphatic rings. The van der Waals surface area contributed by atoms with Crippen molar-refractivity contribution < 1.29 is 28.5 Å². The highest BCUT2D eigenvalue weighted by atomic mass is 32.2. The van der Waals surface area contributed by atoms with E-state index in [1.54, 1.807) is 49.4 Å². The Morgan fingerprint density at radius 1 is 1.12 bits per heavy atom. The molecule has 10 heteroatoms. The fourth-order valence-electron chi connectivity index (χ4n) is 3.33. The lowest BCUT2D eigenvalue weighted by molar-refractivity contribution is -0.385. The summed E-state index contributed by atoms with van der Waals surface area (Å²) in [7, 11) is 0. The van der Waals surface area contributed by atoms with Crippen LogP contribution in [-0.4, -0.2) is 33.5 Å². The summed E-state index contributed by atoms with van der Waals surface area (Å²) in [5, 5.41) is 10.7. The zero-order chi connectivity index (χ0) is 24.2. The van der Waals surface area contributed by atoms with Crippen molar-refractivity contribution in [2.24, 2.45) is 0 Å². The monoisotopic (exact) mass is 478 g/mol. The van der Waals surface area contributed by atoms with Crippen molar-refractivity contribution in [3.63, 3.8) is 0 Å². The number of thioether (sulfide) groups is 1. The smallest absolute Gasteiger partial charge is 0.338 e. The predicted octanol–water partition coefficient (Wildman–Crippen LogP) is 5.27. The van der Waals surface area contributed by atoms with Gasteiger partial charge in [-0.25, -0.2) is 4.79 Å². The largest absolute Gasteiger partial charge is 0.462 e. The van der Waals surface area contributed by atoms with E-state index in [0.29, 0.717) is 17.1 Å². The molecule has 0 bridgehead atoms. The molecule has 0 aliphatic carbocycles. The van der Waals surface area contributed by atoms with Crippen LogP contribution in [0.5, 0.6) is 0 Å². The van der Waals surface area contributed by atoms with Gasteiger partial charge in [0.25, 0.3) is 16.8 Å². The molecule has 2 aromatic carbocycles. The lowest BCUT2D eigenvalue weighted by atomic mass is 10.1. The van der Waals surface area contributed by atoms with Gasteiger partial charge >= 0.3 is 5.97 Å². The quantitative estimate of drug-likeness (QED) is 0.195. The number of nitro benzene ring substituents is 1. The number of nitro groups is 1. The maximum atomic E-state index is 12.8. The molecule has 172 valence electrons. The Hall–Kier alpha value is -4.18. The summed E-state index contributed by atoms with van der Waals surface area (Å²) in [6.45, 7) is 1.82. The third-order valence-electron chi connectivity index (χ3n) is 4.97. The van der Waals surface area contributed by atoms with Gasteiger partial charge in [-0.1, -0.05) is 30.3 Å². The average Bonchev–Trinajstić information content (AvgIpc) is 3.40. The number of hydrogen-bond acceptors (Lipinski definition) is 8. The molecule has 0 N–H and O–H groups in total. The van der Waals surface area contributed by atoms with Gasteiger partial charge in [0, 0.05) is 23.3 Å². The first kappa shape index (κ1) is 23.0. The topological polar surface area (TPSA) is 120 Å². The van der Waals surface area contributed by atoms with Gasteiger partial charge in [-0.05, 0) is 43.0 Å². The number of amides is 2. The first-order chi connectivity index (χ1) is 16.4. The number of ether oxygens (including phenoxy) is 1. The van der Waals surface area contributed by atoms with E-state index in [-0.39, 0.29) is 29.3 Å². The number of hydrogen-bond donors (Lipinski definition) is 0. The maximum Gasteiger partial charge on any atom is 0.338 e. The van der Waals surface area contributed by atoms with Gasteiger partial charge in [0.1, 0.15) is 11.5 Å². The summed E-state index contributed by atoms with van der Waals surface area (Å²) in [6, 6.07) is 16.0. The molecule has 0 atom stereocenters. The molecule has 0 radical (unpaired) electrons. The lowest BCUT2D eigenvalue weighted by Crippen LogP contribution is -2.27. The number of nitrogens with zero attached hydrogens (tertiary/aromatic N) is 2. The van der Waals surface area contributed by atoms with Gasteiger partial charge in [0.2, 0.25) is 0 Å². The summed E-state index contributed by atoms with van der Waals surface area (Å²) < 4.78 is 10.8. The molecule has 1 saturated heterocycles. The fourth-order valence-corrected chi connectivity index (χ4v) is 4.15. The van der Waals surface area contributed by atoms with Crippen LogP contribution < -0.4 is 0 Å². The molecule has 0 spiro atoms. The Kier molecular flexibility index (Phi) is 6.60. The minimum atomic E-state index is -0.551. The Labute approximate surface area is 198 Å². The number of esters is 1. The number of rotatable bonds is 7. The van der Waals surface area contributed by atoms with Crippen molar-refractivity contribution in [3.05, 3.63) is 92.6 Å². The van der Waals surface area contributed by atoms with Crippen molar-refractivity contribution in [1.29, 1.82) is 0 Å². The molecular weight excluding hydrogens is 460 g/mol. The van der Waals surface area contributed by atoms with Crippen molar-refractivity contribution in [2.45, 2.75) is 13.5 Å². The Balaban J connectivity index is 1.50. The highest BCUT2D eigenvalue weighted by Gasteiger charge is 2.36. The van der Waals surface area contributed by atoms with Gasteiger partial charge in [0.15, 0.2) is 0 Å². The number of furan rings is 1. The van der Waals surface area contributed by atoms with Gasteiger partial charge in [0.05, 0.1) is 28.5 Å². The molecule has 3 aromatic rings. The molecule has 1 fully saturated rings. The second-order valence-corrected chi connectivity index (χ2v) is 8.15. The van der Waals surface area contributed by atoms with Gasteiger partial charge in [-0.2, -0.15) is 0 Å². The highest BCUT2D eigenvalue weighted by Crippen LogP contribution is 2.35. The van der Waals surface area contributed by atoms with Crippen LogP contribution in [0.4, 0.5) is 10.5 Å². The summed E-state index contributed by atoms with van der Waals surface area (Å²) in [4.78, 5) is 48.8. The molecule has 0 unspecified atom stereocenters. The second-order valence-electron chi connectivity index (χ2n) is 7.15. The van der Waals surface area contributed by atoms with E-state index in [2.05, 4.69) is 0 Å². The minimum absolute atomic E-state index is 0.155. The molecule has 0 saturated carbocycles. The summed E-state index contributed by atoms with van der Waals surface area (Å²) in [5.74, 6) is -0.0860. The molecule has 2 amide bonds. The van der Waals surface area contributed by atoms with Gasteiger partial charge < -0.3 is 9.15 Å². The minimum Gasteiger partial charge on any atom is -0.462 e. The fraction of sp³-hybridized carbons (Fsp3) is 0.125. The van der Waals surface area contributed by atoms with E-state index in [4.69, 9.17) is 9.15 Å². The summed E-state index contributed by atoms with van der Waals surface area (Å²) in [6.07, 6.45) is 1.46. The molecule has 1 aromatic heterocycles. The van der Waals surface area contributed by atoms with Crippen LogP contribution in [0.1, 0.15) is 28.6 Å². The summed E-state index contributed by atoms with van der Waals surface area (Å²) >= 11 is 0.742. The Morgan fingerprint density at radius 2 is 1.85 bits per heavy atom. The standard InChI is InChI=1S/C24H18N2O7S/c1-2-32-23(28)16-9-7-15(8-10-16)20-12-11-18(33-20)13-21-22(27)25(24(29)34-21)14-17-5-3-4-6-19(17)26(30)31/h3-13H,2,14H2,1H3/b21-13-. The molecule has 4 rings (SSSR count). The lowest BCUT2D eigenvalue weighted by Gasteiger charge is -2.12. The van der Waals surface area contributed by atoms with Crippen LogP contribution in [0.25, 0.3) is 17.4 Å². The third-order valence-corrected chi connectivity index (χ3v) is 5.88. The molecule has 34 heavy (non-hydrogen) atoms. The van der Waals surface area contributed by atoms with Gasteiger partial charge in [-0.15, -0.1) is 0 Å². The van der Waals surface area contributed by atoms with Crippen LogP contribution in [0, 0.1) is 10.1 Å². The number of carbonyl (C=O) groups excluding carboxylic acids is 3. The predicted molar refractivity (Wildman–Crippen MR) is 125 cm³/mol. The second kappa shape index (κ2) is 9.75. The van der Waals surface area contributed by atoms with Crippen molar-refractivity contribution >= 4 is 40.6 Å². The Bertz CT molecular complexity index is 1310. The molecule has 9 nitrogen and oxygen atoms in total.